The molecule has 0 aliphatic carbocycles. The molecule has 0 amide bonds. The third-order valence-electron chi connectivity index (χ3n) is 2.86. The van der Waals surface area contributed by atoms with Crippen molar-refractivity contribution in [3.8, 4) is 6.07 Å². The molecular formula is C16H12FNO2. The van der Waals surface area contributed by atoms with Crippen LogP contribution < -0.4 is 0 Å². The van der Waals surface area contributed by atoms with E-state index in [4.69, 9.17) is 10.00 Å². The first kappa shape index (κ1) is 13.8. The maximum absolute atomic E-state index is 13.3. The minimum atomic E-state index is -0.576. The highest BCUT2D eigenvalue weighted by Gasteiger charge is 2.09. The topological polar surface area (TPSA) is 50.1 Å². The van der Waals surface area contributed by atoms with Gasteiger partial charge in [-0.3, -0.25) is 0 Å². The summed E-state index contributed by atoms with van der Waals surface area (Å²) >= 11 is 0. The van der Waals surface area contributed by atoms with Gasteiger partial charge in [0, 0.05) is 0 Å². The highest BCUT2D eigenvalue weighted by Crippen LogP contribution is 2.12. The predicted octanol–water partition coefficient (Wildman–Crippen LogP) is 3.36. The van der Waals surface area contributed by atoms with Gasteiger partial charge in [-0.05, 0) is 42.3 Å². The summed E-state index contributed by atoms with van der Waals surface area (Å²) in [6.45, 7) is 1.71. The van der Waals surface area contributed by atoms with Crippen molar-refractivity contribution < 1.29 is 13.9 Å². The van der Waals surface area contributed by atoms with E-state index in [-0.39, 0.29) is 12.2 Å². The fourth-order valence-corrected chi connectivity index (χ4v) is 1.63. The summed E-state index contributed by atoms with van der Waals surface area (Å²) in [5.74, 6) is -1.01. The zero-order chi connectivity index (χ0) is 14.5. The number of rotatable bonds is 3. The molecular weight excluding hydrogens is 257 g/mol. The molecule has 2 rings (SSSR count). The Morgan fingerprint density at radius 1 is 1.25 bits per heavy atom. The first-order valence-electron chi connectivity index (χ1n) is 6.02. The fraction of sp³-hybridized carbons (Fsp3) is 0.125. The van der Waals surface area contributed by atoms with Gasteiger partial charge in [0.05, 0.1) is 17.2 Å². The van der Waals surface area contributed by atoms with Crippen LogP contribution in [0.2, 0.25) is 0 Å². The summed E-state index contributed by atoms with van der Waals surface area (Å²) in [6.07, 6.45) is 0. The number of carbonyl (C=O) groups is 1. The van der Waals surface area contributed by atoms with Gasteiger partial charge < -0.3 is 4.74 Å². The highest BCUT2D eigenvalue weighted by atomic mass is 19.1. The van der Waals surface area contributed by atoms with Crippen LogP contribution in [0.5, 0.6) is 0 Å². The first-order chi connectivity index (χ1) is 9.60. The van der Waals surface area contributed by atoms with Gasteiger partial charge in [0.15, 0.2) is 0 Å². The molecule has 20 heavy (non-hydrogen) atoms. The molecule has 3 nitrogen and oxygen atoms in total. The first-order valence-corrected chi connectivity index (χ1v) is 6.02. The zero-order valence-corrected chi connectivity index (χ0v) is 10.9. The Labute approximate surface area is 116 Å². The van der Waals surface area contributed by atoms with E-state index in [1.165, 1.54) is 12.1 Å². The van der Waals surface area contributed by atoms with Gasteiger partial charge in [-0.2, -0.15) is 5.26 Å². The molecule has 4 heteroatoms. The Morgan fingerprint density at radius 3 is 2.55 bits per heavy atom. The van der Waals surface area contributed by atoms with Gasteiger partial charge in [0.1, 0.15) is 12.4 Å². The summed E-state index contributed by atoms with van der Waals surface area (Å²) in [7, 11) is 0. The number of carbonyl (C=O) groups excluding carboxylic acids is 1. The van der Waals surface area contributed by atoms with E-state index in [1.54, 1.807) is 31.2 Å². The van der Waals surface area contributed by atoms with Crippen LogP contribution in [-0.2, 0) is 11.3 Å². The fourth-order valence-electron chi connectivity index (χ4n) is 1.63. The summed E-state index contributed by atoms with van der Waals surface area (Å²) < 4.78 is 18.4. The number of nitrogens with zero attached hydrogens (tertiary/aromatic N) is 1. The Morgan fingerprint density at radius 2 is 1.95 bits per heavy atom. The monoisotopic (exact) mass is 269 g/mol. The van der Waals surface area contributed by atoms with Gasteiger partial charge in [-0.15, -0.1) is 0 Å². The smallest absolute Gasteiger partial charge is 0.338 e. The van der Waals surface area contributed by atoms with Gasteiger partial charge >= 0.3 is 5.97 Å². The van der Waals surface area contributed by atoms with E-state index in [1.807, 2.05) is 6.07 Å². The number of nitriles is 1. The second kappa shape index (κ2) is 5.98. The Kier molecular flexibility index (Phi) is 4.11. The van der Waals surface area contributed by atoms with Gasteiger partial charge in [0.25, 0.3) is 0 Å². The molecule has 0 fully saturated rings. The third kappa shape index (κ3) is 3.21. The molecule has 0 saturated carbocycles. The number of benzene rings is 2. The minimum Gasteiger partial charge on any atom is -0.457 e. The molecule has 0 radical (unpaired) electrons. The van der Waals surface area contributed by atoms with Crippen LogP contribution in [0.4, 0.5) is 4.39 Å². The number of aryl methyl sites for hydroxylation is 1. The summed E-state index contributed by atoms with van der Waals surface area (Å²) in [6, 6.07) is 12.9. The average molecular weight is 269 g/mol. The van der Waals surface area contributed by atoms with Crippen molar-refractivity contribution >= 4 is 5.97 Å². The van der Waals surface area contributed by atoms with Crippen molar-refractivity contribution in [3.63, 3.8) is 0 Å². The molecule has 0 aliphatic heterocycles. The van der Waals surface area contributed by atoms with Gasteiger partial charge in [0.2, 0.25) is 0 Å². The third-order valence-corrected chi connectivity index (χ3v) is 2.86. The molecule has 0 heterocycles. The zero-order valence-electron chi connectivity index (χ0n) is 10.9. The normalized spacial score (nSPS) is 9.85. The molecule has 0 N–H and O–H groups in total. The maximum atomic E-state index is 13.3. The standard InChI is InChI=1S/C16H12FNO2/c1-11-2-7-14(8-15(11)17)16(19)20-10-13-5-3-12(9-18)4-6-13/h2-8H,10H2,1H3. The molecule has 2 aromatic rings. The van der Waals surface area contributed by atoms with Crippen LogP contribution in [-0.4, -0.2) is 5.97 Å². The molecule has 0 unspecified atom stereocenters. The average Bonchev–Trinajstić information content (AvgIpc) is 2.48. The van der Waals surface area contributed by atoms with Crippen molar-refractivity contribution in [2.24, 2.45) is 0 Å². The molecule has 100 valence electrons. The molecule has 0 atom stereocenters. The van der Waals surface area contributed by atoms with E-state index in [2.05, 4.69) is 0 Å². The number of esters is 1. The van der Waals surface area contributed by atoms with Crippen LogP contribution in [0.15, 0.2) is 42.5 Å². The van der Waals surface area contributed by atoms with Crippen molar-refractivity contribution in [2.45, 2.75) is 13.5 Å². The van der Waals surface area contributed by atoms with E-state index in [0.717, 1.165) is 11.6 Å². The lowest BCUT2D eigenvalue weighted by atomic mass is 10.1. The summed E-state index contributed by atoms with van der Waals surface area (Å²) in [5.41, 5.74) is 1.97. The van der Waals surface area contributed by atoms with Crippen LogP contribution in [0, 0.1) is 24.1 Å². The van der Waals surface area contributed by atoms with Crippen LogP contribution in [0.3, 0.4) is 0 Å². The van der Waals surface area contributed by atoms with Gasteiger partial charge in [-0.25, -0.2) is 9.18 Å². The second-order valence-corrected chi connectivity index (χ2v) is 4.35. The molecule has 0 aromatic heterocycles. The highest BCUT2D eigenvalue weighted by molar-refractivity contribution is 5.89. The predicted molar refractivity (Wildman–Crippen MR) is 71.4 cm³/mol. The van der Waals surface area contributed by atoms with E-state index in [0.29, 0.717) is 11.1 Å². The number of halogens is 1. The van der Waals surface area contributed by atoms with Crippen LogP contribution >= 0.6 is 0 Å². The minimum absolute atomic E-state index is 0.0834. The molecule has 0 bridgehead atoms. The quantitative estimate of drug-likeness (QED) is 0.803. The molecule has 0 aliphatic rings. The van der Waals surface area contributed by atoms with E-state index >= 15 is 0 Å². The van der Waals surface area contributed by atoms with E-state index < -0.39 is 11.8 Å². The van der Waals surface area contributed by atoms with Crippen LogP contribution in [0.25, 0.3) is 0 Å². The van der Waals surface area contributed by atoms with Crippen molar-refractivity contribution in [2.75, 3.05) is 0 Å². The molecule has 2 aromatic carbocycles. The largest absolute Gasteiger partial charge is 0.457 e. The van der Waals surface area contributed by atoms with Crippen molar-refractivity contribution in [1.82, 2.24) is 0 Å². The Bertz CT molecular complexity index is 672. The van der Waals surface area contributed by atoms with E-state index in [9.17, 15) is 9.18 Å². The molecule has 0 saturated heterocycles. The van der Waals surface area contributed by atoms with Crippen LogP contribution in [0.1, 0.15) is 27.0 Å². The number of hydrogen-bond donors (Lipinski definition) is 0. The SMILES string of the molecule is Cc1ccc(C(=O)OCc2ccc(C#N)cc2)cc1F. The Balaban J connectivity index is 2.01. The molecule has 0 spiro atoms. The maximum Gasteiger partial charge on any atom is 0.338 e. The lowest BCUT2D eigenvalue weighted by Crippen LogP contribution is -2.06. The lowest BCUT2D eigenvalue weighted by molar-refractivity contribution is 0.0472. The second-order valence-electron chi connectivity index (χ2n) is 4.35. The summed E-state index contributed by atoms with van der Waals surface area (Å²) in [5, 5.41) is 8.67. The number of hydrogen-bond acceptors (Lipinski definition) is 3. The summed E-state index contributed by atoms with van der Waals surface area (Å²) in [4.78, 5) is 11.8. The number of ether oxygens (including phenoxy) is 1. The van der Waals surface area contributed by atoms with Crippen molar-refractivity contribution in [3.05, 3.63) is 70.5 Å². The Hall–Kier alpha value is -2.67. The lowest BCUT2D eigenvalue weighted by Gasteiger charge is -2.06. The van der Waals surface area contributed by atoms with Crippen molar-refractivity contribution in [1.29, 1.82) is 5.26 Å². The van der Waals surface area contributed by atoms with Gasteiger partial charge in [-0.1, -0.05) is 18.2 Å².